The van der Waals surface area contributed by atoms with Gasteiger partial charge in [0.05, 0.1) is 12.8 Å². The Morgan fingerprint density at radius 2 is 1.81 bits per heavy atom. The summed E-state index contributed by atoms with van der Waals surface area (Å²) < 4.78 is 17.0. The molecule has 3 fully saturated rings. The minimum Gasteiger partial charge on any atom is -0.481 e. The molecule has 154 valence electrons. The fourth-order valence-corrected chi connectivity index (χ4v) is 5.07. The van der Waals surface area contributed by atoms with Gasteiger partial charge >= 0.3 is 11.9 Å². The molecule has 8 heteroatoms. The largest absolute Gasteiger partial charge is 0.481 e. The fourth-order valence-electron chi connectivity index (χ4n) is 5.07. The third-order valence-corrected chi connectivity index (χ3v) is 6.58. The van der Waals surface area contributed by atoms with Crippen LogP contribution in [0.5, 0.6) is 0 Å². The van der Waals surface area contributed by atoms with Gasteiger partial charge in [-0.25, -0.2) is 0 Å². The molecule has 1 aliphatic carbocycles. The van der Waals surface area contributed by atoms with Gasteiger partial charge in [-0.3, -0.25) is 9.59 Å². The molecule has 1 saturated carbocycles. The minimum absolute atomic E-state index is 0.0821. The Morgan fingerprint density at radius 1 is 1.11 bits per heavy atom. The molecule has 0 aromatic heterocycles. The number of aliphatic carboxylic acids is 1. The van der Waals surface area contributed by atoms with E-state index in [4.69, 9.17) is 19.3 Å². The number of carbonyl (C=O) groups is 2. The average molecular weight is 386 g/mol. The third-order valence-electron chi connectivity index (χ3n) is 6.58. The average Bonchev–Trinajstić information content (AvgIpc) is 2.66. The zero-order chi connectivity index (χ0) is 20.0. The molecule has 2 saturated heterocycles. The molecule has 2 aliphatic heterocycles. The van der Waals surface area contributed by atoms with Crippen LogP contribution in [0.4, 0.5) is 0 Å². The number of carboxylic acid groups (broad SMARTS) is 1. The smallest absolute Gasteiger partial charge is 0.308 e. The van der Waals surface area contributed by atoms with Crippen molar-refractivity contribution in [1.29, 1.82) is 0 Å². The van der Waals surface area contributed by atoms with Crippen LogP contribution in [-0.2, 0) is 23.8 Å². The molecule has 3 aliphatic rings. The van der Waals surface area contributed by atoms with Gasteiger partial charge in [0.1, 0.15) is 5.60 Å². The summed E-state index contributed by atoms with van der Waals surface area (Å²) in [6.07, 6.45) is 0.0399. The highest BCUT2D eigenvalue weighted by Crippen LogP contribution is 2.55. The third kappa shape index (κ3) is 3.85. The first kappa shape index (κ1) is 20.5. The van der Waals surface area contributed by atoms with Crippen LogP contribution < -0.4 is 0 Å². The standard InChI is InChI=1S/C19H30O8/c1-10-4-5-13-11(2)16(25-15(22)7-6-14(20)21)26-17-19(13,24)12(10)8-9-18(3,23)27-17/h10-13,16-17,23-24H,4-9H2,1-3H3,(H,20,21)/t10-,11-,12+,13+,16+,17-,18-,19-/m1/s1. The highest BCUT2D eigenvalue weighted by molar-refractivity contribution is 5.76. The molecule has 8 nitrogen and oxygen atoms in total. The van der Waals surface area contributed by atoms with E-state index in [9.17, 15) is 19.8 Å². The molecule has 3 rings (SSSR count). The SMILES string of the molecule is C[C@H]1[C@@H](OC(=O)CCC(=O)O)O[C@@H]2O[C@@](C)(O)CC[C@H]3[C@H](C)CC[C@@H]1[C@@]23O. The second kappa shape index (κ2) is 7.31. The first-order valence-electron chi connectivity index (χ1n) is 9.74. The maximum atomic E-state index is 12.0. The normalized spacial score (nSPS) is 46.9. The van der Waals surface area contributed by atoms with Crippen LogP contribution in [0.25, 0.3) is 0 Å². The molecule has 2 heterocycles. The predicted molar refractivity (Wildman–Crippen MR) is 92.1 cm³/mol. The van der Waals surface area contributed by atoms with E-state index in [0.717, 1.165) is 12.8 Å². The van der Waals surface area contributed by atoms with E-state index >= 15 is 0 Å². The Labute approximate surface area is 158 Å². The summed E-state index contributed by atoms with van der Waals surface area (Å²) in [6.45, 7) is 5.51. The van der Waals surface area contributed by atoms with E-state index < -0.39 is 35.9 Å². The van der Waals surface area contributed by atoms with Gasteiger partial charge in [-0.1, -0.05) is 13.8 Å². The molecule has 0 radical (unpaired) electrons. The quantitative estimate of drug-likeness (QED) is 0.623. The fraction of sp³-hybridized carbons (Fsp3) is 0.895. The van der Waals surface area contributed by atoms with Gasteiger partial charge in [-0.15, -0.1) is 0 Å². The summed E-state index contributed by atoms with van der Waals surface area (Å²) in [7, 11) is 0. The van der Waals surface area contributed by atoms with Gasteiger partial charge in [0, 0.05) is 18.3 Å². The van der Waals surface area contributed by atoms with E-state index in [1.54, 1.807) is 6.92 Å². The van der Waals surface area contributed by atoms with Gasteiger partial charge < -0.3 is 29.5 Å². The van der Waals surface area contributed by atoms with Crippen LogP contribution in [0, 0.1) is 23.7 Å². The van der Waals surface area contributed by atoms with Crippen LogP contribution in [0.1, 0.15) is 59.3 Å². The molecule has 0 aromatic carbocycles. The maximum Gasteiger partial charge on any atom is 0.308 e. The Kier molecular flexibility index (Phi) is 5.55. The number of ether oxygens (including phenoxy) is 3. The number of rotatable bonds is 4. The highest BCUT2D eigenvalue weighted by Gasteiger charge is 2.64. The molecule has 0 spiro atoms. The van der Waals surface area contributed by atoms with Gasteiger partial charge in [0.2, 0.25) is 6.29 Å². The second-order valence-corrected chi connectivity index (χ2v) is 8.57. The zero-order valence-electron chi connectivity index (χ0n) is 16.1. The lowest BCUT2D eigenvalue weighted by molar-refractivity contribution is -0.403. The maximum absolute atomic E-state index is 12.0. The lowest BCUT2D eigenvalue weighted by Crippen LogP contribution is -2.67. The van der Waals surface area contributed by atoms with Crippen molar-refractivity contribution in [3.63, 3.8) is 0 Å². The van der Waals surface area contributed by atoms with E-state index in [2.05, 4.69) is 6.92 Å². The van der Waals surface area contributed by atoms with Gasteiger partial charge in [-0.2, -0.15) is 0 Å². The van der Waals surface area contributed by atoms with Crippen LogP contribution in [0.3, 0.4) is 0 Å². The van der Waals surface area contributed by atoms with Crippen molar-refractivity contribution in [3.8, 4) is 0 Å². The Hall–Kier alpha value is -1.22. The molecule has 3 N–H and O–H groups in total. The summed E-state index contributed by atoms with van der Waals surface area (Å²) in [5.41, 5.74) is -1.26. The topological polar surface area (TPSA) is 123 Å². The zero-order valence-corrected chi connectivity index (χ0v) is 16.1. The van der Waals surface area contributed by atoms with Crippen molar-refractivity contribution >= 4 is 11.9 Å². The Bertz CT molecular complexity index is 590. The lowest BCUT2D eigenvalue weighted by atomic mass is 9.58. The molecule has 0 aromatic rings. The number of aliphatic hydroxyl groups is 2. The van der Waals surface area contributed by atoms with E-state index in [-0.39, 0.29) is 36.5 Å². The van der Waals surface area contributed by atoms with Crippen LogP contribution >= 0.6 is 0 Å². The predicted octanol–water partition coefficient (Wildman–Crippen LogP) is 1.63. The number of hydrogen-bond donors (Lipinski definition) is 3. The molecular formula is C19H30O8. The first-order valence-corrected chi connectivity index (χ1v) is 9.74. The lowest BCUT2D eigenvalue weighted by Gasteiger charge is -2.57. The summed E-state index contributed by atoms with van der Waals surface area (Å²) in [5.74, 6) is -3.49. The van der Waals surface area contributed by atoms with E-state index in [1.807, 2.05) is 6.92 Å². The van der Waals surface area contributed by atoms with E-state index in [1.165, 1.54) is 0 Å². The van der Waals surface area contributed by atoms with Crippen molar-refractivity contribution in [2.75, 3.05) is 0 Å². The minimum atomic E-state index is -1.44. The number of carbonyl (C=O) groups excluding carboxylic acids is 1. The molecule has 0 bridgehead atoms. The molecular weight excluding hydrogens is 356 g/mol. The highest BCUT2D eigenvalue weighted by atomic mass is 16.8. The second-order valence-electron chi connectivity index (χ2n) is 8.57. The summed E-state index contributed by atoms with van der Waals surface area (Å²) >= 11 is 0. The summed E-state index contributed by atoms with van der Waals surface area (Å²) in [5, 5.41) is 30.9. The number of esters is 1. The van der Waals surface area contributed by atoms with Crippen molar-refractivity contribution in [3.05, 3.63) is 0 Å². The van der Waals surface area contributed by atoms with Crippen LogP contribution in [0.2, 0.25) is 0 Å². The molecule has 0 amide bonds. The van der Waals surface area contributed by atoms with Gasteiger partial charge in [0.25, 0.3) is 0 Å². The first-order chi connectivity index (χ1) is 12.5. The molecule has 8 atom stereocenters. The molecule has 27 heavy (non-hydrogen) atoms. The van der Waals surface area contributed by atoms with Crippen molar-refractivity contribution in [2.45, 2.75) is 83.3 Å². The Morgan fingerprint density at radius 3 is 2.48 bits per heavy atom. The van der Waals surface area contributed by atoms with Crippen molar-refractivity contribution in [2.24, 2.45) is 23.7 Å². The number of hydrogen-bond acceptors (Lipinski definition) is 7. The summed E-state index contributed by atoms with van der Waals surface area (Å²) in [4.78, 5) is 22.7. The number of carboxylic acids is 1. The summed E-state index contributed by atoms with van der Waals surface area (Å²) in [6, 6.07) is 0. The Balaban J connectivity index is 1.83. The van der Waals surface area contributed by atoms with Gasteiger partial charge in [0.15, 0.2) is 12.1 Å². The molecule has 0 unspecified atom stereocenters. The van der Waals surface area contributed by atoms with Crippen molar-refractivity contribution in [1.82, 2.24) is 0 Å². The monoisotopic (exact) mass is 386 g/mol. The van der Waals surface area contributed by atoms with Crippen molar-refractivity contribution < 1.29 is 39.1 Å². The van der Waals surface area contributed by atoms with Crippen LogP contribution in [-0.4, -0.2) is 51.2 Å². The van der Waals surface area contributed by atoms with Gasteiger partial charge in [-0.05, 0) is 38.0 Å². The van der Waals surface area contributed by atoms with E-state index in [0.29, 0.717) is 12.8 Å². The van der Waals surface area contributed by atoms with Crippen LogP contribution in [0.15, 0.2) is 0 Å².